The molecule has 0 saturated heterocycles. The summed E-state index contributed by atoms with van der Waals surface area (Å²) < 4.78 is 0. The van der Waals surface area contributed by atoms with Crippen molar-refractivity contribution in [2.24, 2.45) is 0 Å². The summed E-state index contributed by atoms with van der Waals surface area (Å²) in [4.78, 5) is 10.7. The standard InChI is InChI=1S/C55H38N2/c1-55(2)49-31-27-37-17-7-9-22-43(37)53(49)48-28-26-39(33-50(48)55)42-29-30-46(45-24-11-10-23-44(42)45)52-34-51(40-20-12-19-38(32-40)35-14-4-3-5-15-35)56-54(57-52)47-25-13-18-36-16-6-8-21-41(36)47/h3-34H,1-2H3. The number of hydrogen-bond donors (Lipinski definition) is 0. The third kappa shape index (κ3) is 5.40. The zero-order valence-corrected chi connectivity index (χ0v) is 31.9. The van der Waals surface area contributed by atoms with Gasteiger partial charge in [-0.05, 0) is 95.0 Å². The molecule has 0 aliphatic heterocycles. The van der Waals surface area contributed by atoms with E-state index >= 15 is 0 Å². The van der Waals surface area contributed by atoms with Crippen molar-refractivity contribution in [3.8, 4) is 67.3 Å². The fourth-order valence-corrected chi connectivity index (χ4v) is 9.21. The van der Waals surface area contributed by atoms with Gasteiger partial charge in [-0.15, -0.1) is 0 Å². The van der Waals surface area contributed by atoms with Crippen LogP contribution in [0.15, 0.2) is 194 Å². The fourth-order valence-electron chi connectivity index (χ4n) is 9.21. The summed E-state index contributed by atoms with van der Waals surface area (Å²) in [5, 5.41) is 7.27. The molecule has 10 aromatic rings. The van der Waals surface area contributed by atoms with Crippen LogP contribution in [0.1, 0.15) is 25.0 Å². The predicted octanol–water partition coefficient (Wildman–Crippen LogP) is 14.6. The number of nitrogens with zero attached hydrogens (tertiary/aromatic N) is 2. The van der Waals surface area contributed by atoms with E-state index in [1.54, 1.807) is 0 Å². The molecular weight excluding hydrogens is 689 g/mol. The lowest BCUT2D eigenvalue weighted by Crippen LogP contribution is -2.15. The van der Waals surface area contributed by atoms with Crippen LogP contribution >= 0.6 is 0 Å². The largest absolute Gasteiger partial charge is 0.228 e. The van der Waals surface area contributed by atoms with E-state index in [2.05, 4.69) is 208 Å². The molecule has 1 heterocycles. The fraction of sp³-hybridized carbons (Fsp3) is 0.0545. The Kier molecular flexibility index (Phi) is 7.55. The summed E-state index contributed by atoms with van der Waals surface area (Å²) in [6, 6.07) is 70.1. The highest BCUT2D eigenvalue weighted by molar-refractivity contribution is 6.07. The Balaban J connectivity index is 1.09. The highest BCUT2D eigenvalue weighted by atomic mass is 14.9. The molecule has 1 aliphatic carbocycles. The molecule has 2 heteroatoms. The molecule has 0 spiro atoms. The molecule has 0 radical (unpaired) electrons. The average molecular weight is 727 g/mol. The van der Waals surface area contributed by atoms with Crippen LogP contribution in [-0.2, 0) is 5.41 Å². The Hall–Kier alpha value is -7.16. The van der Waals surface area contributed by atoms with Gasteiger partial charge in [0.15, 0.2) is 5.82 Å². The van der Waals surface area contributed by atoms with E-state index in [4.69, 9.17) is 9.97 Å². The van der Waals surface area contributed by atoms with Gasteiger partial charge in [-0.3, -0.25) is 0 Å². The minimum atomic E-state index is -0.117. The first-order valence-electron chi connectivity index (χ1n) is 19.7. The highest BCUT2D eigenvalue weighted by Crippen LogP contribution is 2.52. The quantitative estimate of drug-likeness (QED) is 0.176. The Bertz CT molecular complexity index is 3210. The van der Waals surface area contributed by atoms with Gasteiger partial charge < -0.3 is 0 Å². The van der Waals surface area contributed by atoms with Gasteiger partial charge >= 0.3 is 0 Å². The van der Waals surface area contributed by atoms with Gasteiger partial charge in [0, 0.05) is 22.1 Å². The first-order chi connectivity index (χ1) is 28.0. The number of benzene rings is 9. The summed E-state index contributed by atoms with van der Waals surface area (Å²) in [6.45, 7) is 4.74. The van der Waals surface area contributed by atoms with Crippen LogP contribution in [0.5, 0.6) is 0 Å². The Morgan fingerprint density at radius 2 is 0.930 bits per heavy atom. The van der Waals surface area contributed by atoms with Gasteiger partial charge in [-0.2, -0.15) is 0 Å². The van der Waals surface area contributed by atoms with Crippen LogP contribution in [0.3, 0.4) is 0 Å². The van der Waals surface area contributed by atoms with Crippen LogP contribution in [-0.4, -0.2) is 9.97 Å². The smallest absolute Gasteiger partial charge is 0.161 e. The van der Waals surface area contributed by atoms with Crippen molar-refractivity contribution in [1.29, 1.82) is 0 Å². The first-order valence-corrected chi connectivity index (χ1v) is 19.7. The number of rotatable bonds is 5. The zero-order valence-electron chi connectivity index (χ0n) is 31.9. The second kappa shape index (κ2) is 13.0. The van der Waals surface area contributed by atoms with E-state index in [0.29, 0.717) is 5.82 Å². The van der Waals surface area contributed by atoms with E-state index in [1.165, 1.54) is 60.5 Å². The van der Waals surface area contributed by atoms with E-state index in [9.17, 15) is 0 Å². The second-order valence-corrected chi connectivity index (χ2v) is 15.7. The SMILES string of the molecule is CC1(C)c2cc(-c3ccc(-c4cc(-c5cccc(-c6ccccc6)c5)nc(-c5cccc6ccccc56)n4)c4ccccc34)ccc2-c2c1ccc1ccccc21. The van der Waals surface area contributed by atoms with Crippen molar-refractivity contribution < 1.29 is 0 Å². The minimum Gasteiger partial charge on any atom is -0.228 e. The molecule has 9 aromatic carbocycles. The lowest BCUT2D eigenvalue weighted by molar-refractivity contribution is 0.661. The van der Waals surface area contributed by atoms with Gasteiger partial charge in [-0.1, -0.05) is 190 Å². The van der Waals surface area contributed by atoms with Crippen molar-refractivity contribution in [3.63, 3.8) is 0 Å². The maximum absolute atomic E-state index is 5.39. The topological polar surface area (TPSA) is 25.8 Å². The first kappa shape index (κ1) is 33.2. The molecule has 0 amide bonds. The van der Waals surface area contributed by atoms with Gasteiger partial charge in [0.05, 0.1) is 11.4 Å². The van der Waals surface area contributed by atoms with Crippen molar-refractivity contribution in [2.45, 2.75) is 19.3 Å². The van der Waals surface area contributed by atoms with E-state index in [1.807, 2.05) is 0 Å². The van der Waals surface area contributed by atoms with Gasteiger partial charge in [0.25, 0.3) is 0 Å². The van der Waals surface area contributed by atoms with Crippen LogP contribution in [0.2, 0.25) is 0 Å². The molecule has 0 unspecified atom stereocenters. The van der Waals surface area contributed by atoms with E-state index < -0.39 is 0 Å². The maximum Gasteiger partial charge on any atom is 0.161 e. The normalized spacial score (nSPS) is 12.9. The number of hydrogen-bond acceptors (Lipinski definition) is 2. The number of aromatic nitrogens is 2. The summed E-state index contributed by atoms with van der Waals surface area (Å²) in [6.07, 6.45) is 0. The van der Waals surface area contributed by atoms with Crippen molar-refractivity contribution in [2.75, 3.05) is 0 Å². The summed E-state index contributed by atoms with van der Waals surface area (Å²) in [5.74, 6) is 0.713. The van der Waals surface area contributed by atoms with Crippen LogP contribution < -0.4 is 0 Å². The zero-order chi connectivity index (χ0) is 38.1. The van der Waals surface area contributed by atoms with Crippen molar-refractivity contribution in [1.82, 2.24) is 9.97 Å². The summed E-state index contributed by atoms with van der Waals surface area (Å²) >= 11 is 0. The molecule has 0 N–H and O–H groups in total. The molecule has 11 rings (SSSR count). The number of fused-ring (bicyclic) bond motifs is 7. The average Bonchev–Trinajstić information content (AvgIpc) is 3.51. The molecule has 0 fully saturated rings. The second-order valence-electron chi connectivity index (χ2n) is 15.7. The molecule has 2 nitrogen and oxygen atoms in total. The Morgan fingerprint density at radius 3 is 1.75 bits per heavy atom. The van der Waals surface area contributed by atoms with Gasteiger partial charge in [0.1, 0.15) is 0 Å². The monoisotopic (exact) mass is 726 g/mol. The third-order valence-corrected chi connectivity index (χ3v) is 12.1. The van der Waals surface area contributed by atoms with Crippen molar-refractivity contribution in [3.05, 3.63) is 205 Å². The molecular formula is C55H38N2. The van der Waals surface area contributed by atoms with Crippen LogP contribution in [0.4, 0.5) is 0 Å². The third-order valence-electron chi connectivity index (χ3n) is 12.1. The summed E-state index contributed by atoms with van der Waals surface area (Å²) in [7, 11) is 0. The van der Waals surface area contributed by atoms with Gasteiger partial charge in [-0.25, -0.2) is 9.97 Å². The minimum absolute atomic E-state index is 0.117. The predicted molar refractivity (Wildman–Crippen MR) is 239 cm³/mol. The molecule has 0 saturated carbocycles. The molecule has 0 bridgehead atoms. The lowest BCUT2D eigenvalue weighted by atomic mass is 9.81. The van der Waals surface area contributed by atoms with Gasteiger partial charge in [0.2, 0.25) is 0 Å². The molecule has 1 aromatic heterocycles. The molecule has 0 atom stereocenters. The van der Waals surface area contributed by atoms with E-state index in [-0.39, 0.29) is 5.41 Å². The van der Waals surface area contributed by atoms with E-state index in [0.717, 1.165) is 44.4 Å². The van der Waals surface area contributed by atoms with Crippen LogP contribution in [0.25, 0.3) is 99.6 Å². The Labute approximate surface area is 332 Å². The lowest BCUT2D eigenvalue weighted by Gasteiger charge is -2.22. The Morgan fingerprint density at radius 1 is 0.333 bits per heavy atom. The van der Waals surface area contributed by atoms with Crippen molar-refractivity contribution >= 4 is 32.3 Å². The molecule has 1 aliphatic rings. The highest BCUT2D eigenvalue weighted by Gasteiger charge is 2.36. The summed E-state index contributed by atoms with van der Waals surface area (Å²) in [5.41, 5.74) is 15.1. The molecule has 57 heavy (non-hydrogen) atoms. The molecule has 268 valence electrons. The maximum atomic E-state index is 5.39. The van der Waals surface area contributed by atoms with Crippen LogP contribution in [0, 0.1) is 0 Å².